The summed E-state index contributed by atoms with van der Waals surface area (Å²) in [7, 11) is 2.01. The Bertz CT molecular complexity index is 1080. The predicted molar refractivity (Wildman–Crippen MR) is 120 cm³/mol. The molecular weight excluding hydrogens is 390 g/mol. The largest absolute Gasteiger partial charge is 0.383 e. The van der Waals surface area contributed by atoms with E-state index in [1.807, 2.05) is 7.05 Å². The fraction of sp³-hybridized carbons (Fsp3) is 0.304. The molecule has 1 aromatic carbocycles. The smallest absolute Gasteiger partial charge is 0.251 e. The Morgan fingerprint density at radius 3 is 2.48 bits per heavy atom. The highest BCUT2D eigenvalue weighted by Gasteiger charge is 2.44. The lowest BCUT2D eigenvalue weighted by Crippen LogP contribution is -2.56. The van der Waals surface area contributed by atoms with Crippen LogP contribution in [-0.4, -0.2) is 45.0 Å². The second-order valence-electron chi connectivity index (χ2n) is 8.43. The molecule has 0 bridgehead atoms. The van der Waals surface area contributed by atoms with Crippen LogP contribution in [0.2, 0.25) is 0 Å². The summed E-state index contributed by atoms with van der Waals surface area (Å²) in [6.45, 7) is 6.60. The van der Waals surface area contributed by atoms with Gasteiger partial charge in [0.05, 0.1) is 17.1 Å². The van der Waals surface area contributed by atoms with Crippen molar-refractivity contribution in [1.82, 2.24) is 25.3 Å². The van der Waals surface area contributed by atoms with E-state index < -0.39 is 5.54 Å². The van der Waals surface area contributed by atoms with Crippen LogP contribution in [0.15, 0.2) is 55.1 Å². The van der Waals surface area contributed by atoms with Gasteiger partial charge in [0.25, 0.3) is 5.91 Å². The van der Waals surface area contributed by atoms with Gasteiger partial charge in [0.2, 0.25) is 0 Å². The Labute approximate surface area is 182 Å². The normalized spacial score (nSPS) is 16.3. The molecule has 3 heterocycles. The summed E-state index contributed by atoms with van der Waals surface area (Å²) in [6, 6.07) is 11.7. The van der Waals surface area contributed by atoms with Crippen molar-refractivity contribution in [3.63, 3.8) is 0 Å². The molecule has 1 amide bonds. The summed E-state index contributed by atoms with van der Waals surface area (Å²) < 4.78 is 0. The van der Waals surface area contributed by atoms with Gasteiger partial charge in [0.1, 0.15) is 12.1 Å². The zero-order valence-corrected chi connectivity index (χ0v) is 18.2. The average Bonchev–Trinajstić information content (AvgIpc) is 3.07. The molecule has 4 rings (SSSR count). The summed E-state index contributed by atoms with van der Waals surface area (Å²) in [4.78, 5) is 25.4. The number of nitrogens with one attached hydrogen (secondary N) is 1. The number of pyridine rings is 1. The van der Waals surface area contributed by atoms with Crippen molar-refractivity contribution in [3.8, 4) is 0 Å². The van der Waals surface area contributed by atoms with Crippen molar-refractivity contribution < 1.29 is 4.79 Å². The number of aryl methyl sites for hydroxylation is 1. The SMILES string of the molecule is Cc1ccc(C2c3c(N)ncnc3N(C(C)(C)CNC(=O)c3ccncc3)N2C)cc1. The topological polar surface area (TPSA) is 100 Å². The average molecular weight is 418 g/mol. The Balaban J connectivity index is 1.65. The number of amides is 1. The zero-order chi connectivity index (χ0) is 22.2. The Morgan fingerprint density at radius 2 is 1.81 bits per heavy atom. The van der Waals surface area contributed by atoms with Crippen LogP contribution in [0.5, 0.6) is 0 Å². The number of anilines is 2. The third-order valence-electron chi connectivity index (χ3n) is 5.65. The number of nitrogen functional groups attached to an aromatic ring is 1. The molecule has 0 saturated carbocycles. The molecule has 1 aliphatic heterocycles. The molecule has 0 aliphatic carbocycles. The van der Waals surface area contributed by atoms with E-state index in [1.54, 1.807) is 24.5 Å². The highest BCUT2D eigenvalue weighted by Crippen LogP contribution is 2.46. The van der Waals surface area contributed by atoms with Crippen molar-refractivity contribution >= 4 is 17.5 Å². The standard InChI is InChI=1S/C23H27N7O/c1-15-5-7-16(8-6-15)19-18-20(24)27-14-28-21(18)30(29(19)4)23(2,3)13-26-22(31)17-9-11-25-12-10-17/h5-12,14,19H,13H2,1-4H3,(H,26,31)(H2,24,27,28). The lowest BCUT2D eigenvalue weighted by atomic mass is 9.99. The predicted octanol–water partition coefficient (Wildman–Crippen LogP) is 2.73. The number of carbonyl (C=O) groups is 1. The number of hydrogen-bond acceptors (Lipinski definition) is 7. The molecule has 3 aromatic rings. The third-order valence-corrected chi connectivity index (χ3v) is 5.65. The van der Waals surface area contributed by atoms with Gasteiger partial charge in [-0.2, -0.15) is 0 Å². The van der Waals surface area contributed by atoms with Crippen molar-refractivity contribution in [1.29, 1.82) is 0 Å². The number of benzene rings is 1. The van der Waals surface area contributed by atoms with Gasteiger partial charge < -0.3 is 11.1 Å². The molecule has 1 aliphatic rings. The van der Waals surface area contributed by atoms with E-state index in [2.05, 4.69) is 75.3 Å². The Morgan fingerprint density at radius 1 is 1.13 bits per heavy atom. The monoisotopic (exact) mass is 417 g/mol. The maximum atomic E-state index is 12.6. The Kier molecular flexibility index (Phi) is 5.32. The third kappa shape index (κ3) is 3.82. The van der Waals surface area contributed by atoms with Crippen LogP contribution in [0.1, 0.15) is 46.9 Å². The number of rotatable bonds is 5. The summed E-state index contributed by atoms with van der Waals surface area (Å²) in [6.07, 6.45) is 4.70. The van der Waals surface area contributed by atoms with Gasteiger partial charge in [-0.1, -0.05) is 29.8 Å². The molecule has 1 unspecified atom stereocenters. The van der Waals surface area contributed by atoms with Gasteiger partial charge in [-0.15, -0.1) is 0 Å². The maximum absolute atomic E-state index is 12.6. The first-order valence-electron chi connectivity index (χ1n) is 10.2. The lowest BCUT2D eigenvalue weighted by molar-refractivity contribution is 0.0937. The van der Waals surface area contributed by atoms with E-state index in [0.29, 0.717) is 17.9 Å². The molecule has 0 fully saturated rings. The summed E-state index contributed by atoms with van der Waals surface area (Å²) in [5.41, 5.74) is 9.59. The second kappa shape index (κ2) is 7.96. The van der Waals surface area contributed by atoms with E-state index in [4.69, 9.17) is 5.73 Å². The minimum Gasteiger partial charge on any atom is -0.383 e. The molecule has 3 N–H and O–H groups in total. The van der Waals surface area contributed by atoms with Gasteiger partial charge >= 0.3 is 0 Å². The van der Waals surface area contributed by atoms with Gasteiger partial charge in [0, 0.05) is 31.5 Å². The number of hydrazine groups is 1. The van der Waals surface area contributed by atoms with E-state index in [-0.39, 0.29) is 11.9 Å². The summed E-state index contributed by atoms with van der Waals surface area (Å²) in [5, 5.41) is 7.25. The fourth-order valence-electron chi connectivity index (χ4n) is 4.10. The zero-order valence-electron chi connectivity index (χ0n) is 18.2. The number of aromatic nitrogens is 3. The number of fused-ring (bicyclic) bond motifs is 1. The Hall–Kier alpha value is -3.52. The summed E-state index contributed by atoms with van der Waals surface area (Å²) in [5.74, 6) is 1.07. The number of carbonyl (C=O) groups excluding carboxylic acids is 1. The van der Waals surface area contributed by atoms with E-state index in [1.165, 1.54) is 11.9 Å². The lowest BCUT2D eigenvalue weighted by Gasteiger charge is -2.42. The number of nitrogens with zero attached hydrogens (tertiary/aromatic N) is 5. The summed E-state index contributed by atoms with van der Waals surface area (Å²) >= 11 is 0. The molecule has 0 spiro atoms. The molecule has 2 aromatic heterocycles. The first-order chi connectivity index (χ1) is 14.8. The van der Waals surface area contributed by atoms with Gasteiger partial charge in [-0.3, -0.25) is 14.8 Å². The first kappa shape index (κ1) is 20.7. The highest BCUT2D eigenvalue weighted by atomic mass is 16.1. The van der Waals surface area contributed by atoms with Crippen molar-refractivity contribution in [2.24, 2.45) is 0 Å². The minimum atomic E-state index is -0.480. The molecule has 160 valence electrons. The van der Waals surface area contributed by atoms with Crippen LogP contribution in [0.4, 0.5) is 11.6 Å². The van der Waals surface area contributed by atoms with Crippen LogP contribution in [0.25, 0.3) is 0 Å². The van der Waals surface area contributed by atoms with Gasteiger partial charge in [0.15, 0.2) is 5.82 Å². The van der Waals surface area contributed by atoms with E-state index in [9.17, 15) is 4.79 Å². The quantitative estimate of drug-likeness (QED) is 0.658. The highest BCUT2D eigenvalue weighted by molar-refractivity contribution is 5.94. The second-order valence-corrected chi connectivity index (χ2v) is 8.43. The maximum Gasteiger partial charge on any atom is 0.251 e. The van der Waals surface area contributed by atoms with Crippen LogP contribution >= 0.6 is 0 Å². The number of nitrogens with two attached hydrogens (primary N) is 1. The molecule has 8 nitrogen and oxygen atoms in total. The van der Waals surface area contributed by atoms with Gasteiger partial charge in [-0.05, 0) is 38.5 Å². The van der Waals surface area contributed by atoms with Crippen LogP contribution in [0.3, 0.4) is 0 Å². The molecule has 31 heavy (non-hydrogen) atoms. The van der Waals surface area contributed by atoms with Crippen molar-refractivity contribution in [2.45, 2.75) is 32.4 Å². The number of hydrogen-bond donors (Lipinski definition) is 2. The first-order valence-corrected chi connectivity index (χ1v) is 10.2. The molecule has 8 heteroatoms. The molecular formula is C23H27N7O. The van der Waals surface area contributed by atoms with E-state index >= 15 is 0 Å². The van der Waals surface area contributed by atoms with Gasteiger partial charge in [-0.25, -0.2) is 15.0 Å². The van der Waals surface area contributed by atoms with E-state index in [0.717, 1.165) is 16.9 Å². The van der Waals surface area contributed by atoms with Crippen molar-refractivity contribution in [2.75, 3.05) is 24.3 Å². The van der Waals surface area contributed by atoms with Crippen LogP contribution in [-0.2, 0) is 0 Å². The molecule has 0 radical (unpaired) electrons. The molecule has 1 atom stereocenters. The van der Waals surface area contributed by atoms with Crippen molar-refractivity contribution in [3.05, 3.63) is 77.4 Å². The minimum absolute atomic E-state index is 0.119. The van der Waals surface area contributed by atoms with Crippen LogP contribution < -0.4 is 16.1 Å². The molecule has 0 saturated heterocycles. The fourth-order valence-corrected chi connectivity index (χ4v) is 4.10. The van der Waals surface area contributed by atoms with Crippen LogP contribution in [0, 0.1) is 6.92 Å².